The number of hydrogen-bond donors (Lipinski definition) is 0. The molecule has 0 bridgehead atoms. The van der Waals surface area contributed by atoms with Crippen molar-refractivity contribution in [2.45, 2.75) is 0 Å². The molecular weight excluding hydrogens is 703 g/mol. The van der Waals surface area contributed by atoms with Gasteiger partial charge in [-0.1, -0.05) is 140 Å². The topological polar surface area (TPSA) is 51.8 Å². The van der Waals surface area contributed by atoms with Crippen molar-refractivity contribution in [2.24, 2.45) is 0 Å². The average molecular weight is 734 g/mol. The van der Waals surface area contributed by atoms with Gasteiger partial charge in [-0.2, -0.15) is 0 Å². The molecule has 3 aromatic heterocycles. The van der Waals surface area contributed by atoms with E-state index in [0.717, 1.165) is 60.9 Å². The number of aromatic nitrogens is 3. The third-order valence-electron chi connectivity index (χ3n) is 10.5. The lowest BCUT2D eigenvalue weighted by Gasteiger charge is -2.10. The molecule has 3 heterocycles. The summed E-state index contributed by atoms with van der Waals surface area (Å²) in [5.41, 5.74) is 11.3. The number of furan rings is 1. The van der Waals surface area contributed by atoms with Crippen molar-refractivity contribution in [2.75, 3.05) is 0 Å². The van der Waals surface area contributed by atoms with E-state index >= 15 is 0 Å². The van der Waals surface area contributed by atoms with Crippen LogP contribution < -0.4 is 0 Å². The van der Waals surface area contributed by atoms with Crippen LogP contribution in [0.15, 0.2) is 192 Å². The van der Waals surface area contributed by atoms with Crippen LogP contribution in [0.5, 0.6) is 0 Å². The Bertz CT molecular complexity index is 3200. The van der Waals surface area contributed by atoms with Crippen molar-refractivity contribution < 1.29 is 4.42 Å². The van der Waals surface area contributed by atoms with Gasteiger partial charge in [-0.05, 0) is 81.9 Å². The van der Waals surface area contributed by atoms with Gasteiger partial charge in [-0.25, -0.2) is 15.0 Å². The summed E-state index contributed by atoms with van der Waals surface area (Å²) in [6.45, 7) is 0. The first-order valence-corrected chi connectivity index (χ1v) is 19.5. The maximum atomic E-state index is 6.58. The quantitative estimate of drug-likeness (QED) is 0.171. The molecule has 0 radical (unpaired) electrons. The van der Waals surface area contributed by atoms with Gasteiger partial charge in [0.2, 0.25) is 0 Å². The molecule has 0 N–H and O–H groups in total. The smallest absolute Gasteiger partial charge is 0.164 e. The van der Waals surface area contributed by atoms with E-state index in [0.29, 0.717) is 17.5 Å². The fourth-order valence-corrected chi connectivity index (χ4v) is 8.88. The molecule has 11 aromatic rings. The summed E-state index contributed by atoms with van der Waals surface area (Å²) in [5, 5.41) is 4.78. The Kier molecular flexibility index (Phi) is 7.64. The molecule has 4 nitrogen and oxygen atoms in total. The van der Waals surface area contributed by atoms with Crippen LogP contribution in [0.4, 0.5) is 0 Å². The molecular formula is C51H31N3OS. The molecule has 0 atom stereocenters. The van der Waals surface area contributed by atoms with Gasteiger partial charge in [0.15, 0.2) is 17.5 Å². The lowest BCUT2D eigenvalue weighted by Crippen LogP contribution is -2.00. The molecule has 56 heavy (non-hydrogen) atoms. The van der Waals surface area contributed by atoms with E-state index in [1.165, 1.54) is 31.3 Å². The van der Waals surface area contributed by atoms with E-state index in [1.54, 1.807) is 0 Å². The molecule has 0 unspecified atom stereocenters. The van der Waals surface area contributed by atoms with Crippen molar-refractivity contribution in [1.82, 2.24) is 15.0 Å². The molecule has 0 aliphatic carbocycles. The highest BCUT2D eigenvalue weighted by Gasteiger charge is 2.17. The third kappa shape index (κ3) is 5.65. The predicted octanol–water partition coefficient (Wildman–Crippen LogP) is 14.1. The minimum absolute atomic E-state index is 0.624. The Morgan fingerprint density at radius 3 is 1.61 bits per heavy atom. The second-order valence-corrected chi connectivity index (χ2v) is 15.1. The summed E-state index contributed by atoms with van der Waals surface area (Å²) in [4.78, 5) is 14.8. The Hall–Kier alpha value is -7.21. The average Bonchev–Trinajstić information content (AvgIpc) is 3.85. The second kappa shape index (κ2) is 13.3. The van der Waals surface area contributed by atoms with Crippen LogP contribution in [-0.4, -0.2) is 15.0 Å². The predicted molar refractivity (Wildman–Crippen MR) is 233 cm³/mol. The molecule has 0 amide bonds. The van der Waals surface area contributed by atoms with Crippen LogP contribution in [-0.2, 0) is 0 Å². The van der Waals surface area contributed by atoms with Gasteiger partial charge in [-0.15, -0.1) is 11.3 Å². The van der Waals surface area contributed by atoms with Crippen LogP contribution in [0.2, 0.25) is 0 Å². The molecule has 0 aliphatic heterocycles. The molecule has 0 aliphatic rings. The van der Waals surface area contributed by atoms with Gasteiger partial charge in [0.1, 0.15) is 11.2 Å². The van der Waals surface area contributed by atoms with E-state index in [1.807, 2.05) is 72.0 Å². The SMILES string of the molecule is c1ccc(-c2nc(-c3ccccc3)nc(-c3cccc(-c4cccc5oc6cc(-c7cccc(-c8ccc9sc%10ccccc%10c9c8)c7)ccc6c45)c3)n2)cc1. The highest BCUT2D eigenvalue weighted by molar-refractivity contribution is 7.25. The van der Waals surface area contributed by atoms with Crippen LogP contribution in [0.25, 0.3) is 110 Å². The Morgan fingerprint density at radius 2 is 0.857 bits per heavy atom. The van der Waals surface area contributed by atoms with Crippen LogP contribution in [0, 0.1) is 0 Å². The zero-order valence-corrected chi connectivity index (χ0v) is 30.9. The molecule has 5 heteroatoms. The third-order valence-corrected chi connectivity index (χ3v) is 11.7. The van der Waals surface area contributed by atoms with E-state index in [9.17, 15) is 0 Å². The number of thiophene rings is 1. The monoisotopic (exact) mass is 733 g/mol. The van der Waals surface area contributed by atoms with Gasteiger partial charge < -0.3 is 4.42 Å². The highest BCUT2D eigenvalue weighted by atomic mass is 32.1. The van der Waals surface area contributed by atoms with E-state index in [-0.39, 0.29) is 0 Å². The summed E-state index contributed by atoms with van der Waals surface area (Å²) >= 11 is 1.85. The summed E-state index contributed by atoms with van der Waals surface area (Å²) in [5.74, 6) is 1.90. The molecule has 0 saturated heterocycles. The minimum Gasteiger partial charge on any atom is -0.456 e. The first-order valence-electron chi connectivity index (χ1n) is 18.7. The largest absolute Gasteiger partial charge is 0.456 e. The van der Waals surface area contributed by atoms with Crippen LogP contribution >= 0.6 is 11.3 Å². The standard InChI is InChI=1S/C51H31N3OS/c1-3-12-32(13-4-1)49-52-50(33-14-5-2-6-15-33)54-51(53-49)39-19-10-18-38(29-39)40-21-11-22-44-48(40)42-26-24-37(31-45(42)55-44)35-17-9-16-34(28-35)36-25-27-47-43(30-36)41-20-7-8-23-46(41)56-47/h1-31H. The Balaban J connectivity index is 0.974. The molecule has 0 spiro atoms. The molecule has 8 aromatic carbocycles. The summed E-state index contributed by atoms with van der Waals surface area (Å²) in [7, 11) is 0. The van der Waals surface area contributed by atoms with Crippen LogP contribution in [0.3, 0.4) is 0 Å². The zero-order valence-electron chi connectivity index (χ0n) is 30.1. The lowest BCUT2D eigenvalue weighted by atomic mass is 9.95. The summed E-state index contributed by atoms with van der Waals surface area (Å²) in [6, 6.07) is 65.7. The molecule has 11 rings (SSSR count). The van der Waals surface area contributed by atoms with Crippen molar-refractivity contribution in [3.63, 3.8) is 0 Å². The van der Waals surface area contributed by atoms with Gasteiger partial charge >= 0.3 is 0 Å². The van der Waals surface area contributed by atoms with Crippen LogP contribution in [0.1, 0.15) is 0 Å². The number of benzene rings is 8. The summed E-state index contributed by atoms with van der Waals surface area (Å²) in [6.07, 6.45) is 0. The minimum atomic E-state index is 0.624. The Labute approximate surface area is 327 Å². The van der Waals surface area contributed by atoms with Gasteiger partial charge in [-0.3, -0.25) is 0 Å². The number of rotatable bonds is 6. The second-order valence-electron chi connectivity index (χ2n) is 14.0. The van der Waals surface area contributed by atoms with Gasteiger partial charge in [0.05, 0.1) is 0 Å². The first-order chi connectivity index (χ1) is 27.7. The fraction of sp³-hybridized carbons (Fsp3) is 0. The van der Waals surface area contributed by atoms with Gasteiger partial charge in [0.25, 0.3) is 0 Å². The van der Waals surface area contributed by atoms with Crippen molar-refractivity contribution >= 4 is 53.4 Å². The summed E-state index contributed by atoms with van der Waals surface area (Å²) < 4.78 is 9.22. The van der Waals surface area contributed by atoms with E-state index in [4.69, 9.17) is 19.4 Å². The molecule has 0 fully saturated rings. The van der Waals surface area contributed by atoms with E-state index < -0.39 is 0 Å². The van der Waals surface area contributed by atoms with Crippen molar-refractivity contribution in [3.05, 3.63) is 188 Å². The molecule has 0 saturated carbocycles. The zero-order chi connectivity index (χ0) is 37.0. The lowest BCUT2D eigenvalue weighted by molar-refractivity contribution is 0.669. The molecule has 262 valence electrons. The van der Waals surface area contributed by atoms with Crippen molar-refractivity contribution in [3.8, 4) is 67.5 Å². The Morgan fingerprint density at radius 1 is 0.321 bits per heavy atom. The normalized spacial score (nSPS) is 11.6. The first kappa shape index (κ1) is 32.2. The number of hydrogen-bond acceptors (Lipinski definition) is 5. The van der Waals surface area contributed by atoms with Gasteiger partial charge in [0, 0.05) is 47.6 Å². The highest BCUT2D eigenvalue weighted by Crippen LogP contribution is 2.41. The maximum absolute atomic E-state index is 6.58. The number of fused-ring (bicyclic) bond motifs is 6. The number of nitrogens with zero attached hydrogens (tertiary/aromatic N) is 3. The van der Waals surface area contributed by atoms with Crippen molar-refractivity contribution in [1.29, 1.82) is 0 Å². The van der Waals surface area contributed by atoms with E-state index in [2.05, 4.69) is 127 Å². The fourth-order valence-electron chi connectivity index (χ4n) is 7.79. The maximum Gasteiger partial charge on any atom is 0.164 e.